The number of halogens is 3. The van der Waals surface area contributed by atoms with Gasteiger partial charge in [-0.2, -0.15) is 4.31 Å². The van der Waals surface area contributed by atoms with Crippen LogP contribution in [-0.2, 0) is 29.7 Å². The van der Waals surface area contributed by atoms with E-state index in [9.17, 15) is 8.42 Å². The van der Waals surface area contributed by atoms with Crippen molar-refractivity contribution in [1.29, 1.82) is 0 Å². The molecule has 0 aliphatic carbocycles. The molecule has 1 aromatic heterocycles. The highest BCUT2D eigenvalue weighted by Crippen LogP contribution is 2.27. The monoisotopic (exact) mass is 638 g/mol. The molecule has 10 heteroatoms. The van der Waals surface area contributed by atoms with Crippen LogP contribution in [-0.4, -0.2) is 18.9 Å². The van der Waals surface area contributed by atoms with E-state index in [0.717, 1.165) is 11.3 Å². The first-order valence-corrected chi connectivity index (χ1v) is 15.4. The highest BCUT2D eigenvalue weighted by Gasteiger charge is 2.26. The summed E-state index contributed by atoms with van der Waals surface area (Å²) in [5.74, 6) is 1.66. The summed E-state index contributed by atoms with van der Waals surface area (Å²) in [5.41, 5.74) is 2.47. The zero-order valence-corrected chi connectivity index (χ0v) is 25.2. The molecule has 0 saturated heterocycles. The number of hydrogen-bond donors (Lipinski definition) is 0. The number of nitrogens with zero attached hydrogens (tertiary/aromatic N) is 2. The van der Waals surface area contributed by atoms with Crippen molar-refractivity contribution in [3.63, 3.8) is 0 Å². The van der Waals surface area contributed by atoms with E-state index >= 15 is 0 Å². The minimum absolute atomic E-state index is 0.0213. The SMILES string of the molecule is O=S(=O)(c1ccc(Cl)cc1)N(Cc1ccc(Cl)c(Cl)c1)Cc1ccc(C=Nc2ccc(OCc3ccccc3)cc2)o1. The molecular weight excluding hydrogens is 615 g/mol. The molecule has 0 N–H and O–H groups in total. The molecule has 4 aromatic carbocycles. The maximum absolute atomic E-state index is 13.6. The van der Waals surface area contributed by atoms with E-state index in [-0.39, 0.29) is 18.0 Å². The summed E-state index contributed by atoms with van der Waals surface area (Å²) in [6, 6.07) is 31.8. The minimum atomic E-state index is -3.92. The highest BCUT2D eigenvalue weighted by molar-refractivity contribution is 7.89. The Labute approximate surface area is 259 Å². The van der Waals surface area contributed by atoms with Crippen LogP contribution in [0.25, 0.3) is 0 Å². The molecule has 0 bridgehead atoms. The largest absolute Gasteiger partial charge is 0.489 e. The van der Waals surface area contributed by atoms with E-state index in [4.69, 9.17) is 44.0 Å². The highest BCUT2D eigenvalue weighted by atomic mass is 35.5. The van der Waals surface area contributed by atoms with Gasteiger partial charge in [0.1, 0.15) is 23.9 Å². The van der Waals surface area contributed by atoms with Crippen molar-refractivity contribution in [3.05, 3.63) is 147 Å². The van der Waals surface area contributed by atoms with Crippen LogP contribution in [0.3, 0.4) is 0 Å². The van der Waals surface area contributed by atoms with Gasteiger partial charge in [0.25, 0.3) is 0 Å². The topological polar surface area (TPSA) is 72.1 Å². The Morgan fingerprint density at radius 1 is 0.762 bits per heavy atom. The van der Waals surface area contributed by atoms with Gasteiger partial charge in [-0.05, 0) is 83.9 Å². The Balaban J connectivity index is 1.29. The molecule has 6 nitrogen and oxygen atoms in total. The molecule has 42 heavy (non-hydrogen) atoms. The summed E-state index contributed by atoms with van der Waals surface area (Å²) in [6.07, 6.45) is 1.58. The Hall–Kier alpha value is -3.59. The van der Waals surface area contributed by atoms with Crippen LogP contribution in [0, 0.1) is 0 Å². The predicted molar refractivity (Wildman–Crippen MR) is 168 cm³/mol. The number of benzene rings is 4. The van der Waals surface area contributed by atoms with Crippen LogP contribution in [0.2, 0.25) is 15.1 Å². The fourth-order valence-corrected chi connectivity index (χ4v) is 5.89. The van der Waals surface area contributed by atoms with E-state index in [2.05, 4.69) is 4.99 Å². The second-order valence-corrected chi connectivity index (χ2v) is 12.5. The molecule has 0 spiro atoms. The number of aliphatic imine (C=N–C) groups is 1. The second kappa shape index (κ2) is 13.6. The van der Waals surface area contributed by atoms with Crippen molar-refractivity contribution >= 4 is 56.7 Å². The van der Waals surface area contributed by atoms with Gasteiger partial charge in [-0.25, -0.2) is 8.42 Å². The predicted octanol–water partition coefficient (Wildman–Crippen LogP) is 8.96. The third-order valence-electron chi connectivity index (χ3n) is 6.23. The molecule has 1 heterocycles. The maximum atomic E-state index is 13.6. The van der Waals surface area contributed by atoms with Crippen LogP contribution in [0.5, 0.6) is 5.75 Å². The minimum Gasteiger partial charge on any atom is -0.489 e. The molecule has 214 valence electrons. The normalized spacial score (nSPS) is 11.8. The van der Waals surface area contributed by atoms with Gasteiger partial charge in [-0.1, -0.05) is 71.2 Å². The lowest BCUT2D eigenvalue weighted by molar-refractivity contribution is 0.306. The van der Waals surface area contributed by atoms with Gasteiger partial charge in [-0.3, -0.25) is 4.99 Å². The number of hydrogen-bond acceptors (Lipinski definition) is 5. The molecule has 5 rings (SSSR count). The van der Waals surface area contributed by atoms with Gasteiger partial charge < -0.3 is 9.15 Å². The van der Waals surface area contributed by atoms with Gasteiger partial charge in [0.15, 0.2) is 0 Å². The van der Waals surface area contributed by atoms with Crippen molar-refractivity contribution < 1.29 is 17.6 Å². The number of sulfonamides is 1. The third kappa shape index (κ3) is 7.82. The quantitative estimate of drug-likeness (QED) is 0.135. The fourth-order valence-electron chi connectivity index (χ4n) is 4.05. The number of rotatable bonds is 11. The third-order valence-corrected chi connectivity index (χ3v) is 9.03. The zero-order chi connectivity index (χ0) is 29.5. The Morgan fingerprint density at radius 3 is 2.21 bits per heavy atom. The van der Waals surface area contributed by atoms with Crippen LogP contribution in [0.15, 0.2) is 123 Å². The molecule has 0 fully saturated rings. The van der Waals surface area contributed by atoms with Crippen molar-refractivity contribution in [2.75, 3.05) is 0 Å². The molecule has 0 amide bonds. The first-order chi connectivity index (χ1) is 20.3. The first-order valence-electron chi connectivity index (χ1n) is 12.9. The van der Waals surface area contributed by atoms with Crippen LogP contribution in [0.4, 0.5) is 5.69 Å². The van der Waals surface area contributed by atoms with E-state index in [1.165, 1.54) is 28.6 Å². The molecular formula is C32H25Cl3N2O4S. The zero-order valence-electron chi connectivity index (χ0n) is 22.2. The van der Waals surface area contributed by atoms with Crippen LogP contribution < -0.4 is 4.74 Å². The maximum Gasteiger partial charge on any atom is 0.243 e. The van der Waals surface area contributed by atoms with Crippen molar-refractivity contribution in [2.24, 2.45) is 4.99 Å². The Kier molecular flexibility index (Phi) is 9.67. The van der Waals surface area contributed by atoms with Gasteiger partial charge in [0, 0.05) is 11.6 Å². The molecule has 0 radical (unpaired) electrons. The summed E-state index contributed by atoms with van der Waals surface area (Å²) in [6.45, 7) is 0.506. The number of furan rings is 1. The first kappa shape index (κ1) is 29.9. The lowest BCUT2D eigenvalue weighted by atomic mass is 10.2. The van der Waals surface area contributed by atoms with E-state index in [1.807, 2.05) is 54.6 Å². The lowest BCUT2D eigenvalue weighted by Gasteiger charge is -2.22. The van der Waals surface area contributed by atoms with Crippen molar-refractivity contribution in [2.45, 2.75) is 24.6 Å². The molecule has 0 atom stereocenters. The lowest BCUT2D eigenvalue weighted by Crippen LogP contribution is -2.30. The van der Waals surface area contributed by atoms with Gasteiger partial charge in [0.2, 0.25) is 10.0 Å². The molecule has 0 aliphatic rings. The van der Waals surface area contributed by atoms with Gasteiger partial charge in [0.05, 0.1) is 33.4 Å². The molecule has 0 saturated carbocycles. The van der Waals surface area contributed by atoms with Crippen molar-refractivity contribution in [3.8, 4) is 5.75 Å². The average molecular weight is 640 g/mol. The van der Waals surface area contributed by atoms with E-state index in [0.29, 0.717) is 44.4 Å². The summed E-state index contributed by atoms with van der Waals surface area (Å²) in [7, 11) is -3.92. The van der Waals surface area contributed by atoms with Gasteiger partial charge >= 0.3 is 0 Å². The van der Waals surface area contributed by atoms with Crippen molar-refractivity contribution in [1.82, 2.24) is 4.31 Å². The Bertz CT molecular complexity index is 1770. The summed E-state index contributed by atoms with van der Waals surface area (Å²) in [4.78, 5) is 4.58. The Morgan fingerprint density at radius 2 is 1.50 bits per heavy atom. The van der Waals surface area contributed by atoms with E-state index in [1.54, 1.807) is 36.5 Å². The smallest absolute Gasteiger partial charge is 0.243 e. The average Bonchev–Trinajstić information content (AvgIpc) is 3.45. The van der Waals surface area contributed by atoms with Gasteiger partial charge in [-0.15, -0.1) is 0 Å². The second-order valence-electron chi connectivity index (χ2n) is 9.31. The molecule has 0 aliphatic heterocycles. The summed E-state index contributed by atoms with van der Waals surface area (Å²) >= 11 is 18.2. The van der Waals surface area contributed by atoms with E-state index < -0.39 is 10.0 Å². The van der Waals surface area contributed by atoms with Crippen LogP contribution in [0.1, 0.15) is 22.6 Å². The molecule has 0 unspecified atom stereocenters. The summed E-state index contributed by atoms with van der Waals surface area (Å²) < 4.78 is 40.3. The summed E-state index contributed by atoms with van der Waals surface area (Å²) in [5, 5.41) is 1.16. The standard InChI is InChI=1S/C32H25Cl3N2O4S/c33-25-7-15-30(16-8-25)42(38,39)37(20-24-6-17-31(34)32(35)18-24)21-29-14-13-28(41-29)19-36-26-9-11-27(12-10-26)40-22-23-4-2-1-3-5-23/h1-19H,20-22H2. The number of ether oxygens (including phenoxy) is 1. The fraction of sp³-hybridized carbons (Fsp3) is 0.0938. The van der Waals surface area contributed by atoms with Crippen LogP contribution >= 0.6 is 34.8 Å². The molecule has 5 aromatic rings.